The van der Waals surface area contributed by atoms with Crippen LogP contribution in [0.1, 0.15) is 12.0 Å². The first-order valence-electron chi connectivity index (χ1n) is 6.16. The molecule has 0 spiro atoms. The SMILES string of the molecule is COc1ccc(C[NH+]2C[C@H]3C[C@@H]2C[NH2+]3)cc1. The summed E-state index contributed by atoms with van der Waals surface area (Å²) >= 11 is 0. The molecule has 0 aromatic heterocycles. The van der Waals surface area contributed by atoms with Crippen molar-refractivity contribution in [2.45, 2.75) is 25.0 Å². The molecule has 2 heterocycles. The number of likely N-dealkylation sites (tertiary alicyclic amines) is 1. The number of fused-ring (bicyclic) bond motifs is 2. The summed E-state index contributed by atoms with van der Waals surface area (Å²) in [6, 6.07) is 10.3. The van der Waals surface area contributed by atoms with E-state index in [1.165, 1.54) is 31.6 Å². The Hall–Kier alpha value is -1.06. The van der Waals surface area contributed by atoms with E-state index in [0.717, 1.165) is 17.8 Å². The van der Waals surface area contributed by atoms with Gasteiger partial charge in [0.1, 0.15) is 37.5 Å². The lowest BCUT2D eigenvalue weighted by atomic mass is 10.2. The number of benzene rings is 1. The zero-order chi connectivity index (χ0) is 11.0. The van der Waals surface area contributed by atoms with Crippen LogP contribution >= 0.6 is 0 Å². The first kappa shape index (κ1) is 10.1. The normalized spacial score (nSPS) is 31.9. The van der Waals surface area contributed by atoms with Crippen molar-refractivity contribution >= 4 is 0 Å². The molecule has 1 aromatic rings. The summed E-state index contributed by atoms with van der Waals surface area (Å²) in [6.45, 7) is 3.85. The van der Waals surface area contributed by atoms with E-state index in [4.69, 9.17) is 4.74 Å². The van der Waals surface area contributed by atoms with Crippen LogP contribution in [0.3, 0.4) is 0 Å². The van der Waals surface area contributed by atoms with Crippen LogP contribution < -0.4 is 15.0 Å². The van der Waals surface area contributed by atoms with Gasteiger partial charge in [-0.3, -0.25) is 0 Å². The van der Waals surface area contributed by atoms with Gasteiger partial charge in [0.15, 0.2) is 0 Å². The molecular formula is C13H20N2O+2. The van der Waals surface area contributed by atoms with Crippen LogP contribution in [0.25, 0.3) is 0 Å². The van der Waals surface area contributed by atoms with E-state index in [0.29, 0.717) is 0 Å². The average molecular weight is 220 g/mol. The van der Waals surface area contributed by atoms with Crippen molar-refractivity contribution in [2.75, 3.05) is 20.2 Å². The number of methoxy groups -OCH3 is 1. The molecule has 1 unspecified atom stereocenters. The predicted molar refractivity (Wildman–Crippen MR) is 61.5 cm³/mol. The van der Waals surface area contributed by atoms with Gasteiger partial charge >= 0.3 is 0 Å². The van der Waals surface area contributed by atoms with Crippen LogP contribution in [-0.4, -0.2) is 32.3 Å². The average Bonchev–Trinajstić information content (AvgIpc) is 2.92. The zero-order valence-electron chi connectivity index (χ0n) is 9.78. The number of hydrogen-bond acceptors (Lipinski definition) is 1. The van der Waals surface area contributed by atoms with Crippen molar-refractivity contribution in [3.63, 3.8) is 0 Å². The van der Waals surface area contributed by atoms with Gasteiger partial charge in [0.05, 0.1) is 13.5 Å². The van der Waals surface area contributed by atoms with Crippen LogP contribution in [0.5, 0.6) is 5.75 Å². The minimum atomic E-state index is 0.895. The highest BCUT2D eigenvalue weighted by Gasteiger charge is 2.45. The number of quaternary nitrogens is 2. The molecule has 2 bridgehead atoms. The van der Waals surface area contributed by atoms with Crippen molar-refractivity contribution in [1.29, 1.82) is 0 Å². The number of nitrogens with two attached hydrogens (primary N) is 1. The molecule has 2 aliphatic rings. The summed E-state index contributed by atoms with van der Waals surface area (Å²) in [7, 11) is 1.72. The Kier molecular flexibility index (Phi) is 2.58. The molecule has 0 radical (unpaired) electrons. The molecule has 3 nitrogen and oxygen atoms in total. The van der Waals surface area contributed by atoms with Gasteiger partial charge in [-0.15, -0.1) is 0 Å². The zero-order valence-corrected chi connectivity index (χ0v) is 9.78. The highest BCUT2D eigenvalue weighted by Crippen LogP contribution is 2.11. The maximum atomic E-state index is 5.18. The number of piperazine rings is 1. The Labute approximate surface area is 96.4 Å². The Morgan fingerprint density at radius 3 is 2.75 bits per heavy atom. The van der Waals surface area contributed by atoms with Gasteiger partial charge in [0.2, 0.25) is 0 Å². The van der Waals surface area contributed by atoms with E-state index in [-0.39, 0.29) is 0 Å². The quantitative estimate of drug-likeness (QED) is 0.658. The number of hydrogen-bond donors (Lipinski definition) is 2. The van der Waals surface area contributed by atoms with E-state index in [9.17, 15) is 0 Å². The van der Waals surface area contributed by atoms with Gasteiger partial charge in [-0.2, -0.15) is 0 Å². The van der Waals surface area contributed by atoms with Gasteiger partial charge in [-0.1, -0.05) is 0 Å². The molecule has 2 aliphatic heterocycles. The van der Waals surface area contributed by atoms with Crippen LogP contribution in [0.4, 0.5) is 0 Å². The Morgan fingerprint density at radius 2 is 2.19 bits per heavy atom. The Morgan fingerprint density at radius 1 is 1.38 bits per heavy atom. The third-order valence-electron chi connectivity index (χ3n) is 4.03. The van der Waals surface area contributed by atoms with Crippen molar-refractivity contribution in [3.05, 3.63) is 29.8 Å². The third kappa shape index (κ3) is 1.81. The van der Waals surface area contributed by atoms with Crippen LogP contribution in [0.15, 0.2) is 24.3 Å². The van der Waals surface area contributed by atoms with Gasteiger partial charge in [-0.25, -0.2) is 0 Å². The predicted octanol–water partition coefficient (Wildman–Crippen LogP) is -1.20. The molecule has 16 heavy (non-hydrogen) atoms. The largest absolute Gasteiger partial charge is 0.497 e. The number of nitrogens with one attached hydrogen (secondary N) is 1. The number of ether oxygens (including phenoxy) is 1. The molecular weight excluding hydrogens is 200 g/mol. The number of rotatable bonds is 3. The second-order valence-corrected chi connectivity index (χ2v) is 5.05. The summed E-state index contributed by atoms with van der Waals surface area (Å²) in [4.78, 5) is 1.78. The monoisotopic (exact) mass is 220 g/mol. The molecule has 2 fully saturated rings. The molecule has 3 heteroatoms. The van der Waals surface area contributed by atoms with E-state index >= 15 is 0 Å². The third-order valence-corrected chi connectivity index (χ3v) is 4.03. The van der Waals surface area contributed by atoms with Gasteiger partial charge in [0.25, 0.3) is 0 Å². The summed E-state index contributed by atoms with van der Waals surface area (Å²) in [5.41, 5.74) is 1.43. The lowest BCUT2D eigenvalue weighted by molar-refractivity contribution is -0.963. The van der Waals surface area contributed by atoms with Gasteiger partial charge < -0.3 is 15.0 Å². The summed E-state index contributed by atoms with van der Waals surface area (Å²) in [5, 5.41) is 2.52. The second-order valence-electron chi connectivity index (χ2n) is 5.05. The molecule has 2 saturated heterocycles. The van der Waals surface area contributed by atoms with Crippen molar-refractivity contribution in [1.82, 2.24) is 0 Å². The van der Waals surface area contributed by atoms with Crippen LogP contribution in [-0.2, 0) is 6.54 Å². The lowest BCUT2D eigenvalue weighted by Crippen LogP contribution is -3.19. The fraction of sp³-hybridized carbons (Fsp3) is 0.538. The minimum Gasteiger partial charge on any atom is -0.497 e. The standard InChI is InChI=1S/C13H18N2O/c1-16-13-4-2-10(3-5-13)8-15-9-11-6-12(15)7-14-11/h2-5,11-12,14H,6-9H2,1H3/p+2/t11-,12-/m1/s1. The Balaban J connectivity index is 1.65. The Bertz CT molecular complexity index is 363. The van der Waals surface area contributed by atoms with Crippen molar-refractivity contribution in [2.24, 2.45) is 0 Å². The van der Waals surface area contributed by atoms with E-state index < -0.39 is 0 Å². The van der Waals surface area contributed by atoms with Crippen molar-refractivity contribution in [3.8, 4) is 5.75 Å². The van der Waals surface area contributed by atoms with Crippen LogP contribution in [0.2, 0.25) is 0 Å². The molecule has 3 N–H and O–H groups in total. The van der Waals surface area contributed by atoms with Crippen LogP contribution in [0, 0.1) is 0 Å². The smallest absolute Gasteiger partial charge is 0.143 e. The summed E-state index contributed by atoms with van der Waals surface area (Å²) in [6.07, 6.45) is 1.42. The molecule has 3 atom stereocenters. The highest BCUT2D eigenvalue weighted by molar-refractivity contribution is 5.26. The van der Waals surface area contributed by atoms with E-state index in [2.05, 4.69) is 29.6 Å². The minimum absolute atomic E-state index is 0.895. The highest BCUT2D eigenvalue weighted by atomic mass is 16.5. The summed E-state index contributed by atoms with van der Waals surface area (Å²) in [5.74, 6) is 0.954. The van der Waals surface area contributed by atoms with E-state index in [1.807, 2.05) is 0 Å². The van der Waals surface area contributed by atoms with E-state index in [1.54, 1.807) is 12.0 Å². The lowest BCUT2D eigenvalue weighted by Gasteiger charge is -2.22. The molecule has 86 valence electrons. The maximum absolute atomic E-state index is 5.18. The first-order valence-corrected chi connectivity index (χ1v) is 6.16. The maximum Gasteiger partial charge on any atom is 0.143 e. The molecule has 0 amide bonds. The summed E-state index contributed by atoms with van der Waals surface area (Å²) < 4.78 is 5.18. The molecule has 0 saturated carbocycles. The van der Waals surface area contributed by atoms with Gasteiger partial charge in [0, 0.05) is 5.56 Å². The first-order chi connectivity index (χ1) is 7.85. The second kappa shape index (κ2) is 4.07. The fourth-order valence-corrected chi connectivity index (χ4v) is 3.14. The van der Waals surface area contributed by atoms with Crippen molar-refractivity contribution < 1.29 is 15.0 Å². The molecule has 3 rings (SSSR count). The fourth-order valence-electron chi connectivity index (χ4n) is 3.14. The topological polar surface area (TPSA) is 30.3 Å². The molecule has 0 aliphatic carbocycles. The van der Waals surface area contributed by atoms with Gasteiger partial charge in [-0.05, 0) is 24.3 Å². The molecule has 1 aromatic carbocycles.